The van der Waals surface area contributed by atoms with E-state index < -0.39 is 0 Å². The fourth-order valence-electron chi connectivity index (χ4n) is 1.87. The summed E-state index contributed by atoms with van der Waals surface area (Å²) in [6.45, 7) is 0.540. The Bertz CT molecular complexity index is 593. The van der Waals surface area contributed by atoms with Crippen molar-refractivity contribution in [3.8, 4) is 16.9 Å². The van der Waals surface area contributed by atoms with Crippen molar-refractivity contribution < 1.29 is 4.74 Å². The van der Waals surface area contributed by atoms with Gasteiger partial charge in [-0.25, -0.2) is 0 Å². The highest BCUT2D eigenvalue weighted by Crippen LogP contribution is 2.36. The molecule has 2 nitrogen and oxygen atoms in total. The summed E-state index contributed by atoms with van der Waals surface area (Å²) in [5, 5.41) is 0.744. The van der Waals surface area contributed by atoms with Crippen molar-refractivity contribution in [1.29, 1.82) is 0 Å². The first-order valence-corrected chi connectivity index (χ1v) is 5.77. The molecule has 17 heavy (non-hydrogen) atoms. The molecule has 3 heteroatoms. The molecule has 3 rings (SSSR count). The second-order valence-electron chi connectivity index (χ2n) is 3.79. The summed E-state index contributed by atoms with van der Waals surface area (Å²) in [6, 6.07) is 13.7. The van der Waals surface area contributed by atoms with E-state index in [2.05, 4.69) is 4.99 Å². The highest BCUT2D eigenvalue weighted by molar-refractivity contribution is 6.33. The number of fused-ring (bicyclic) bond motifs is 1. The zero-order valence-electron chi connectivity index (χ0n) is 9.06. The second kappa shape index (κ2) is 4.22. The lowest BCUT2D eigenvalue weighted by Gasteiger charge is -2.13. The molecule has 0 aromatic heterocycles. The summed E-state index contributed by atoms with van der Waals surface area (Å²) in [5.41, 5.74) is 2.92. The Morgan fingerprint density at radius 2 is 2.00 bits per heavy atom. The predicted octanol–water partition coefficient (Wildman–Crippen LogP) is 4.10. The number of benzene rings is 2. The summed E-state index contributed by atoms with van der Waals surface area (Å²) < 4.78 is 5.46. The van der Waals surface area contributed by atoms with Gasteiger partial charge in [-0.1, -0.05) is 35.9 Å². The van der Waals surface area contributed by atoms with Crippen LogP contribution in [-0.4, -0.2) is 12.8 Å². The summed E-state index contributed by atoms with van der Waals surface area (Å²) in [6.07, 6.45) is 1.76. The van der Waals surface area contributed by atoms with Crippen LogP contribution in [0.2, 0.25) is 5.02 Å². The molecule has 0 spiro atoms. The molecular formula is C14H10ClNO. The van der Waals surface area contributed by atoms with E-state index in [9.17, 15) is 0 Å². The minimum absolute atomic E-state index is 0.540. The molecule has 2 aromatic carbocycles. The topological polar surface area (TPSA) is 21.6 Å². The van der Waals surface area contributed by atoms with Gasteiger partial charge in [0.2, 0.25) is 0 Å². The summed E-state index contributed by atoms with van der Waals surface area (Å²) >= 11 is 6.17. The fourth-order valence-corrected chi connectivity index (χ4v) is 2.11. The lowest BCUT2D eigenvalue weighted by Crippen LogP contribution is -2.02. The zero-order valence-corrected chi connectivity index (χ0v) is 9.82. The number of ether oxygens (including phenoxy) is 1. The van der Waals surface area contributed by atoms with Gasteiger partial charge in [-0.3, -0.25) is 4.99 Å². The molecule has 0 saturated carbocycles. The van der Waals surface area contributed by atoms with Crippen LogP contribution in [0.5, 0.6) is 5.75 Å². The molecule has 0 radical (unpaired) electrons. The fraction of sp³-hybridized carbons (Fsp3) is 0.0714. The van der Waals surface area contributed by atoms with Gasteiger partial charge in [-0.2, -0.15) is 0 Å². The van der Waals surface area contributed by atoms with E-state index in [0.717, 1.165) is 27.6 Å². The average Bonchev–Trinajstić information content (AvgIpc) is 2.39. The van der Waals surface area contributed by atoms with Gasteiger partial charge in [0.05, 0.1) is 0 Å². The minimum Gasteiger partial charge on any atom is -0.486 e. The molecule has 2 aromatic rings. The highest BCUT2D eigenvalue weighted by Gasteiger charge is 2.09. The van der Waals surface area contributed by atoms with Crippen molar-refractivity contribution in [2.75, 3.05) is 6.61 Å². The van der Waals surface area contributed by atoms with E-state index in [1.54, 1.807) is 6.21 Å². The van der Waals surface area contributed by atoms with E-state index in [0.29, 0.717) is 6.61 Å². The largest absolute Gasteiger partial charge is 0.486 e. The number of nitrogens with zero attached hydrogens (tertiary/aromatic N) is 1. The van der Waals surface area contributed by atoms with Crippen LogP contribution in [0, 0.1) is 0 Å². The third kappa shape index (κ3) is 1.92. The zero-order chi connectivity index (χ0) is 11.7. The van der Waals surface area contributed by atoms with Gasteiger partial charge in [-0.05, 0) is 23.8 Å². The molecule has 0 saturated heterocycles. The average molecular weight is 244 g/mol. The number of hydrogen-bond acceptors (Lipinski definition) is 2. The summed E-state index contributed by atoms with van der Waals surface area (Å²) in [4.78, 5) is 4.32. The van der Waals surface area contributed by atoms with Crippen LogP contribution in [0.3, 0.4) is 0 Å². The monoisotopic (exact) mass is 243 g/mol. The maximum Gasteiger partial charge on any atom is 0.145 e. The Balaban J connectivity index is 2.12. The van der Waals surface area contributed by atoms with Gasteiger partial charge in [-0.15, -0.1) is 0 Å². The van der Waals surface area contributed by atoms with E-state index >= 15 is 0 Å². The maximum atomic E-state index is 6.17. The molecule has 1 heterocycles. The van der Waals surface area contributed by atoms with E-state index in [1.165, 1.54) is 0 Å². The van der Waals surface area contributed by atoms with Crippen molar-refractivity contribution in [1.82, 2.24) is 0 Å². The number of halogens is 1. The third-order valence-electron chi connectivity index (χ3n) is 2.69. The molecule has 0 fully saturated rings. The van der Waals surface area contributed by atoms with Gasteiger partial charge in [0.1, 0.15) is 18.0 Å². The van der Waals surface area contributed by atoms with E-state index in [-0.39, 0.29) is 0 Å². The van der Waals surface area contributed by atoms with Crippen LogP contribution in [0.15, 0.2) is 47.5 Å². The van der Waals surface area contributed by atoms with Crippen LogP contribution in [0.1, 0.15) is 0 Å². The van der Waals surface area contributed by atoms with Crippen molar-refractivity contribution in [3.05, 3.63) is 47.5 Å². The maximum absolute atomic E-state index is 6.17. The molecule has 0 aliphatic carbocycles. The molecule has 0 bridgehead atoms. The third-order valence-corrected chi connectivity index (χ3v) is 3.02. The van der Waals surface area contributed by atoms with Crippen molar-refractivity contribution in [2.45, 2.75) is 0 Å². The number of aliphatic imine (C=N–C) groups is 1. The first-order chi connectivity index (χ1) is 8.34. The van der Waals surface area contributed by atoms with Crippen LogP contribution in [-0.2, 0) is 0 Å². The highest BCUT2D eigenvalue weighted by atomic mass is 35.5. The quantitative estimate of drug-likeness (QED) is 0.739. The molecule has 1 aliphatic heterocycles. The van der Waals surface area contributed by atoms with Crippen molar-refractivity contribution >= 4 is 23.5 Å². The summed E-state index contributed by atoms with van der Waals surface area (Å²) in [7, 11) is 0. The van der Waals surface area contributed by atoms with Gasteiger partial charge in [0.25, 0.3) is 0 Å². The van der Waals surface area contributed by atoms with E-state index in [1.807, 2.05) is 42.5 Å². The molecule has 1 aliphatic rings. The van der Waals surface area contributed by atoms with Crippen LogP contribution >= 0.6 is 11.6 Å². The lowest BCUT2D eigenvalue weighted by molar-refractivity contribution is 0.377. The van der Waals surface area contributed by atoms with Gasteiger partial charge in [0, 0.05) is 16.8 Å². The van der Waals surface area contributed by atoms with Crippen LogP contribution in [0.4, 0.5) is 5.69 Å². The van der Waals surface area contributed by atoms with E-state index in [4.69, 9.17) is 16.3 Å². The van der Waals surface area contributed by atoms with Gasteiger partial charge < -0.3 is 4.74 Å². The Hall–Kier alpha value is -1.80. The molecule has 0 amide bonds. The molecule has 84 valence electrons. The first-order valence-electron chi connectivity index (χ1n) is 5.39. The van der Waals surface area contributed by atoms with Gasteiger partial charge >= 0.3 is 0 Å². The Morgan fingerprint density at radius 1 is 1.12 bits per heavy atom. The smallest absolute Gasteiger partial charge is 0.145 e. The SMILES string of the molecule is Clc1ccccc1-c1ccc2c(c1)N=CCO2. The minimum atomic E-state index is 0.540. The lowest BCUT2D eigenvalue weighted by atomic mass is 10.0. The second-order valence-corrected chi connectivity index (χ2v) is 4.19. The number of rotatable bonds is 1. The molecular weight excluding hydrogens is 234 g/mol. The standard InChI is InChI=1S/C14H10ClNO/c15-12-4-2-1-3-11(12)10-5-6-14-13(9-10)16-7-8-17-14/h1-7,9H,8H2. The van der Waals surface area contributed by atoms with Crippen LogP contribution in [0.25, 0.3) is 11.1 Å². The van der Waals surface area contributed by atoms with Gasteiger partial charge in [0.15, 0.2) is 0 Å². The normalized spacial score (nSPS) is 13.0. The first kappa shape index (κ1) is 10.4. The van der Waals surface area contributed by atoms with Crippen molar-refractivity contribution in [2.24, 2.45) is 4.99 Å². The Labute approximate surface area is 105 Å². The van der Waals surface area contributed by atoms with Crippen molar-refractivity contribution in [3.63, 3.8) is 0 Å². The number of hydrogen-bond donors (Lipinski definition) is 0. The molecule has 0 atom stereocenters. The molecule has 0 unspecified atom stereocenters. The Morgan fingerprint density at radius 3 is 2.88 bits per heavy atom. The van der Waals surface area contributed by atoms with Crippen LogP contribution < -0.4 is 4.74 Å². The predicted molar refractivity (Wildman–Crippen MR) is 70.5 cm³/mol. The Kier molecular flexibility index (Phi) is 2.57. The molecule has 0 N–H and O–H groups in total. The summed E-state index contributed by atoms with van der Waals surface area (Å²) in [5.74, 6) is 0.823.